The van der Waals surface area contributed by atoms with Crippen LogP contribution in [0, 0.1) is 0 Å². The van der Waals surface area contributed by atoms with Gasteiger partial charge < -0.3 is 9.84 Å². The number of aliphatic hydroxyl groups is 1. The molecule has 2 heterocycles. The van der Waals surface area contributed by atoms with Crippen molar-refractivity contribution in [1.29, 1.82) is 0 Å². The van der Waals surface area contributed by atoms with Gasteiger partial charge in [-0.05, 0) is 19.8 Å². The Bertz CT molecular complexity index is 260. The zero-order valence-corrected chi connectivity index (χ0v) is 9.66. The molecule has 0 saturated carbocycles. The van der Waals surface area contributed by atoms with Gasteiger partial charge in [0.15, 0.2) is 5.60 Å². The van der Waals surface area contributed by atoms with Crippen LogP contribution < -0.4 is 0 Å². The number of nitrogens with zero attached hydrogens (tertiary/aromatic N) is 1. The highest BCUT2D eigenvalue weighted by atomic mass is 79.9. The average Bonchev–Trinajstić information content (AvgIpc) is 2.63. The summed E-state index contributed by atoms with van der Waals surface area (Å²) in [6, 6.07) is -0.225. The number of alkyl halides is 1. The zero-order valence-electron chi connectivity index (χ0n) is 8.07. The highest BCUT2D eigenvalue weighted by Gasteiger charge is 2.51. The van der Waals surface area contributed by atoms with Gasteiger partial charge in [-0.15, -0.1) is 0 Å². The molecule has 4 nitrogen and oxygen atoms in total. The maximum absolute atomic E-state index is 11.6. The van der Waals surface area contributed by atoms with Gasteiger partial charge in [-0.2, -0.15) is 0 Å². The normalized spacial score (nSPS) is 43.5. The van der Waals surface area contributed by atoms with Gasteiger partial charge in [0, 0.05) is 11.9 Å². The smallest absolute Gasteiger partial charge is 0.324 e. The van der Waals surface area contributed by atoms with Crippen molar-refractivity contribution >= 4 is 21.9 Å². The van der Waals surface area contributed by atoms with Crippen molar-refractivity contribution in [3.63, 3.8) is 0 Å². The van der Waals surface area contributed by atoms with E-state index in [9.17, 15) is 9.90 Å². The molecule has 2 rings (SSSR count). The Labute approximate surface area is 91.3 Å². The number of halogens is 1. The molecule has 3 atom stereocenters. The van der Waals surface area contributed by atoms with E-state index < -0.39 is 11.8 Å². The Morgan fingerprint density at radius 2 is 2.50 bits per heavy atom. The number of hydrogen-bond acceptors (Lipinski definition) is 4. The second-order valence-corrected chi connectivity index (χ2v) is 4.70. The van der Waals surface area contributed by atoms with Crippen LogP contribution in [0.1, 0.15) is 19.8 Å². The van der Waals surface area contributed by atoms with Crippen LogP contribution in [0.15, 0.2) is 0 Å². The van der Waals surface area contributed by atoms with Crippen LogP contribution >= 0.6 is 15.9 Å². The Morgan fingerprint density at radius 3 is 3.14 bits per heavy atom. The second kappa shape index (κ2) is 3.47. The molecule has 0 spiro atoms. The number of cyclic esters (lactones) is 1. The lowest BCUT2D eigenvalue weighted by molar-refractivity contribution is -0.215. The van der Waals surface area contributed by atoms with Gasteiger partial charge in [-0.3, -0.25) is 9.69 Å². The second-order valence-electron chi connectivity index (χ2n) is 4.14. The summed E-state index contributed by atoms with van der Waals surface area (Å²) < 4.78 is 5.27. The summed E-state index contributed by atoms with van der Waals surface area (Å²) in [5.41, 5.74) is -0.808. The van der Waals surface area contributed by atoms with Crippen LogP contribution in [0.25, 0.3) is 0 Å². The molecule has 2 saturated heterocycles. The highest BCUT2D eigenvalue weighted by molar-refractivity contribution is 9.09. The van der Waals surface area contributed by atoms with E-state index in [4.69, 9.17) is 4.74 Å². The van der Waals surface area contributed by atoms with Crippen LogP contribution in [0.4, 0.5) is 0 Å². The zero-order chi connectivity index (χ0) is 10.3. The number of hydrogen-bond donors (Lipinski definition) is 1. The predicted molar refractivity (Wildman–Crippen MR) is 54.0 cm³/mol. The molecular weight excluding hydrogens is 250 g/mol. The molecule has 14 heavy (non-hydrogen) atoms. The lowest BCUT2D eigenvalue weighted by atomic mass is 10.0. The summed E-state index contributed by atoms with van der Waals surface area (Å²) in [4.78, 5) is 13.4. The van der Waals surface area contributed by atoms with Crippen LogP contribution in [-0.4, -0.2) is 45.7 Å². The molecule has 0 aromatic heterocycles. The third-order valence-corrected chi connectivity index (χ3v) is 4.14. The van der Waals surface area contributed by atoms with E-state index in [1.807, 2.05) is 4.90 Å². The Hall–Kier alpha value is -0.130. The third kappa shape index (κ3) is 1.38. The lowest BCUT2D eigenvalue weighted by Gasteiger charge is -2.44. The number of rotatable bonds is 1. The molecular formula is C9H14BrNO3. The van der Waals surface area contributed by atoms with Gasteiger partial charge in [-0.1, -0.05) is 15.9 Å². The van der Waals surface area contributed by atoms with E-state index in [-0.39, 0.29) is 12.0 Å². The molecule has 0 radical (unpaired) electrons. The fraction of sp³-hybridized carbons (Fsp3) is 0.889. The van der Waals surface area contributed by atoms with Crippen molar-refractivity contribution in [1.82, 2.24) is 4.90 Å². The molecule has 80 valence electrons. The molecule has 0 aromatic carbocycles. The van der Waals surface area contributed by atoms with E-state index in [1.165, 1.54) is 0 Å². The van der Waals surface area contributed by atoms with Crippen molar-refractivity contribution in [3.05, 3.63) is 0 Å². The first-order valence-corrected chi connectivity index (χ1v) is 5.93. The van der Waals surface area contributed by atoms with Crippen LogP contribution in [0.2, 0.25) is 0 Å². The largest absolute Gasteiger partial charge is 0.453 e. The molecule has 2 fully saturated rings. The molecule has 1 N–H and O–H groups in total. The molecule has 0 amide bonds. The molecule has 0 aliphatic carbocycles. The fourth-order valence-corrected chi connectivity index (χ4v) is 2.54. The standard InChI is InChI=1S/C9H14BrNO3/c1-9(5-10)8(13)11-4-2-3-6(11)7(12)14-9/h6,8,13H,2-5H2,1H3/t6-,8?,9+/m1/s1. The van der Waals surface area contributed by atoms with Crippen molar-refractivity contribution in [3.8, 4) is 0 Å². The number of aliphatic hydroxyl groups excluding tert-OH is 1. The van der Waals surface area contributed by atoms with Crippen LogP contribution in [0.5, 0.6) is 0 Å². The summed E-state index contributed by atoms with van der Waals surface area (Å²) in [7, 11) is 0. The van der Waals surface area contributed by atoms with Gasteiger partial charge in [0.05, 0.1) is 0 Å². The SMILES string of the molecule is C[C@@]1(CBr)OC(=O)[C@H]2CCCN2C1O. The number of esters is 1. The topological polar surface area (TPSA) is 49.8 Å². The van der Waals surface area contributed by atoms with Crippen molar-refractivity contribution in [2.45, 2.75) is 37.6 Å². The summed E-state index contributed by atoms with van der Waals surface area (Å²) in [5, 5.41) is 10.5. The molecule has 0 bridgehead atoms. The Balaban J connectivity index is 2.24. The van der Waals surface area contributed by atoms with E-state index in [0.717, 1.165) is 19.4 Å². The lowest BCUT2D eigenvalue weighted by Crippen LogP contribution is -2.63. The van der Waals surface area contributed by atoms with Crippen molar-refractivity contribution in [2.24, 2.45) is 0 Å². The first kappa shape index (κ1) is 10.4. The molecule has 2 aliphatic heterocycles. The van der Waals surface area contributed by atoms with E-state index in [2.05, 4.69) is 15.9 Å². The monoisotopic (exact) mass is 263 g/mol. The quantitative estimate of drug-likeness (QED) is 0.553. The van der Waals surface area contributed by atoms with E-state index >= 15 is 0 Å². The minimum absolute atomic E-state index is 0.199. The minimum Gasteiger partial charge on any atom is -0.453 e. The third-order valence-electron chi connectivity index (χ3n) is 3.03. The first-order valence-electron chi connectivity index (χ1n) is 4.81. The maximum Gasteiger partial charge on any atom is 0.324 e. The number of ether oxygens (including phenoxy) is 1. The Morgan fingerprint density at radius 1 is 1.79 bits per heavy atom. The fourth-order valence-electron chi connectivity index (χ4n) is 2.13. The van der Waals surface area contributed by atoms with Crippen LogP contribution in [-0.2, 0) is 9.53 Å². The number of carbonyl (C=O) groups is 1. The minimum atomic E-state index is -0.808. The molecule has 0 aromatic rings. The predicted octanol–water partition coefficient (Wildman–Crippen LogP) is 0.480. The number of fused-ring (bicyclic) bond motifs is 1. The van der Waals surface area contributed by atoms with Gasteiger partial charge in [0.25, 0.3) is 0 Å². The summed E-state index contributed by atoms with van der Waals surface area (Å²) in [6.45, 7) is 2.53. The van der Waals surface area contributed by atoms with Crippen molar-refractivity contribution < 1.29 is 14.6 Å². The number of morpholine rings is 1. The van der Waals surface area contributed by atoms with Crippen molar-refractivity contribution in [2.75, 3.05) is 11.9 Å². The van der Waals surface area contributed by atoms with Crippen LogP contribution in [0.3, 0.4) is 0 Å². The average molecular weight is 264 g/mol. The number of carbonyl (C=O) groups excluding carboxylic acids is 1. The molecule has 5 heteroatoms. The van der Waals surface area contributed by atoms with Gasteiger partial charge in [0.2, 0.25) is 0 Å². The first-order chi connectivity index (χ1) is 6.58. The molecule has 1 unspecified atom stereocenters. The van der Waals surface area contributed by atoms with E-state index in [1.54, 1.807) is 6.92 Å². The van der Waals surface area contributed by atoms with Gasteiger partial charge in [-0.25, -0.2) is 0 Å². The van der Waals surface area contributed by atoms with Gasteiger partial charge >= 0.3 is 5.97 Å². The summed E-state index contributed by atoms with van der Waals surface area (Å²) in [5.74, 6) is -0.199. The Kier molecular flexibility index (Phi) is 2.57. The highest BCUT2D eigenvalue weighted by Crippen LogP contribution is 2.34. The van der Waals surface area contributed by atoms with E-state index in [0.29, 0.717) is 5.33 Å². The molecule has 2 aliphatic rings. The summed E-state index contributed by atoms with van der Waals surface area (Å²) in [6.07, 6.45) is 1.07. The maximum atomic E-state index is 11.6. The van der Waals surface area contributed by atoms with Gasteiger partial charge in [0.1, 0.15) is 12.3 Å². The summed E-state index contributed by atoms with van der Waals surface area (Å²) >= 11 is 3.27.